The first kappa shape index (κ1) is 11.6. The Kier molecular flexibility index (Phi) is 3.30. The minimum absolute atomic E-state index is 0.0333. The van der Waals surface area contributed by atoms with E-state index in [2.05, 4.69) is 25.0 Å². The summed E-state index contributed by atoms with van der Waals surface area (Å²) in [5.74, 6) is 0.456. The molecule has 1 aromatic heterocycles. The van der Waals surface area contributed by atoms with Gasteiger partial charge in [0.1, 0.15) is 0 Å². The molecule has 2 unspecified atom stereocenters. The molecular weight excluding hydrogens is 202 g/mol. The summed E-state index contributed by atoms with van der Waals surface area (Å²) in [5.41, 5.74) is 8.23. The van der Waals surface area contributed by atoms with Crippen LogP contribution in [0.3, 0.4) is 0 Å². The molecule has 0 spiro atoms. The van der Waals surface area contributed by atoms with Crippen molar-refractivity contribution in [1.29, 1.82) is 0 Å². The molecule has 1 fully saturated rings. The molecule has 0 bridgehead atoms. The molecule has 2 rings (SSSR count). The van der Waals surface area contributed by atoms with E-state index in [1.807, 2.05) is 11.6 Å². The summed E-state index contributed by atoms with van der Waals surface area (Å²) in [4.78, 5) is 0. The van der Waals surface area contributed by atoms with E-state index >= 15 is 0 Å². The lowest BCUT2D eigenvalue weighted by Gasteiger charge is -2.12. The smallest absolute Gasteiger partial charge is 0.0683 e. The molecule has 2 heterocycles. The summed E-state index contributed by atoms with van der Waals surface area (Å²) in [6, 6.07) is 2.53. The van der Waals surface area contributed by atoms with Gasteiger partial charge in [0.25, 0.3) is 0 Å². The van der Waals surface area contributed by atoms with Gasteiger partial charge < -0.3 is 10.5 Å². The van der Waals surface area contributed by atoms with E-state index in [4.69, 9.17) is 10.5 Å². The van der Waals surface area contributed by atoms with Gasteiger partial charge in [0, 0.05) is 24.6 Å². The Morgan fingerprint density at radius 3 is 2.69 bits per heavy atom. The number of nitrogens with zero attached hydrogens (tertiary/aromatic N) is 2. The second-order valence-corrected chi connectivity index (χ2v) is 4.88. The highest BCUT2D eigenvalue weighted by atomic mass is 16.5. The largest absolute Gasteiger partial charge is 0.381 e. The lowest BCUT2D eigenvalue weighted by molar-refractivity contribution is 0.193. The van der Waals surface area contributed by atoms with Crippen LogP contribution >= 0.6 is 0 Å². The van der Waals surface area contributed by atoms with Gasteiger partial charge in [-0.2, -0.15) is 5.10 Å². The zero-order chi connectivity index (χ0) is 11.7. The van der Waals surface area contributed by atoms with Gasteiger partial charge in [-0.3, -0.25) is 4.68 Å². The Morgan fingerprint density at radius 1 is 1.50 bits per heavy atom. The fourth-order valence-electron chi connectivity index (χ4n) is 2.15. The van der Waals surface area contributed by atoms with Crippen LogP contribution in [0.15, 0.2) is 6.07 Å². The van der Waals surface area contributed by atoms with Gasteiger partial charge in [-0.1, -0.05) is 0 Å². The van der Waals surface area contributed by atoms with Crippen LogP contribution in [0.4, 0.5) is 0 Å². The van der Waals surface area contributed by atoms with Crippen LogP contribution in [0.5, 0.6) is 0 Å². The molecule has 0 aliphatic carbocycles. The summed E-state index contributed by atoms with van der Waals surface area (Å²) in [6.45, 7) is 7.92. The maximum Gasteiger partial charge on any atom is 0.0683 e. The molecule has 16 heavy (non-hydrogen) atoms. The Labute approximate surface area is 96.8 Å². The number of aromatic nitrogens is 2. The average molecular weight is 223 g/mol. The lowest BCUT2D eigenvalue weighted by atomic mass is 10.0. The molecule has 1 saturated heterocycles. The van der Waals surface area contributed by atoms with Gasteiger partial charge >= 0.3 is 0 Å². The van der Waals surface area contributed by atoms with Crippen molar-refractivity contribution in [3.05, 3.63) is 17.5 Å². The standard InChI is InChI=1S/C12H21N3O/c1-8(2)15-12(9(3)13)6-11(14-15)10-4-5-16-7-10/h6,8-10H,4-5,7,13H2,1-3H3. The molecule has 4 nitrogen and oxygen atoms in total. The van der Waals surface area contributed by atoms with Crippen LogP contribution in [0.2, 0.25) is 0 Å². The summed E-state index contributed by atoms with van der Waals surface area (Å²) >= 11 is 0. The van der Waals surface area contributed by atoms with Crippen molar-refractivity contribution in [1.82, 2.24) is 9.78 Å². The van der Waals surface area contributed by atoms with E-state index in [0.717, 1.165) is 31.0 Å². The van der Waals surface area contributed by atoms with Gasteiger partial charge in [-0.15, -0.1) is 0 Å². The monoisotopic (exact) mass is 223 g/mol. The SMILES string of the molecule is CC(N)c1cc(C2CCOC2)nn1C(C)C. The van der Waals surface area contributed by atoms with Crippen molar-refractivity contribution in [3.8, 4) is 0 Å². The lowest BCUT2D eigenvalue weighted by Crippen LogP contribution is -2.14. The molecular formula is C12H21N3O. The van der Waals surface area contributed by atoms with Crippen molar-refractivity contribution >= 4 is 0 Å². The summed E-state index contributed by atoms with van der Waals surface area (Å²) in [7, 11) is 0. The number of hydrogen-bond donors (Lipinski definition) is 1. The third-order valence-electron chi connectivity index (χ3n) is 3.09. The summed E-state index contributed by atoms with van der Waals surface area (Å²) < 4.78 is 7.44. The Bertz CT molecular complexity index is 326. The van der Waals surface area contributed by atoms with E-state index in [1.54, 1.807) is 0 Å². The Balaban J connectivity index is 2.30. The minimum atomic E-state index is 0.0333. The number of hydrogen-bond acceptors (Lipinski definition) is 3. The maximum atomic E-state index is 5.97. The summed E-state index contributed by atoms with van der Waals surface area (Å²) in [6.07, 6.45) is 1.08. The van der Waals surface area contributed by atoms with E-state index in [1.165, 1.54) is 0 Å². The highest BCUT2D eigenvalue weighted by Crippen LogP contribution is 2.27. The molecule has 0 aromatic carbocycles. The van der Waals surface area contributed by atoms with Crippen LogP contribution in [-0.2, 0) is 4.74 Å². The predicted molar refractivity (Wildman–Crippen MR) is 63.4 cm³/mol. The Morgan fingerprint density at radius 2 is 2.25 bits per heavy atom. The van der Waals surface area contributed by atoms with E-state index < -0.39 is 0 Å². The van der Waals surface area contributed by atoms with Crippen LogP contribution in [0.25, 0.3) is 0 Å². The molecule has 0 amide bonds. The normalized spacial score (nSPS) is 22.9. The molecule has 1 aliphatic rings. The first-order valence-corrected chi connectivity index (χ1v) is 6.02. The third-order valence-corrected chi connectivity index (χ3v) is 3.09. The average Bonchev–Trinajstić information content (AvgIpc) is 2.86. The zero-order valence-corrected chi connectivity index (χ0v) is 10.3. The van der Waals surface area contributed by atoms with Crippen LogP contribution < -0.4 is 5.73 Å². The fourth-order valence-corrected chi connectivity index (χ4v) is 2.15. The van der Waals surface area contributed by atoms with E-state index in [9.17, 15) is 0 Å². The molecule has 2 atom stereocenters. The first-order valence-electron chi connectivity index (χ1n) is 6.02. The van der Waals surface area contributed by atoms with Gasteiger partial charge in [-0.05, 0) is 33.3 Å². The molecule has 1 aromatic rings. The van der Waals surface area contributed by atoms with Gasteiger partial charge in [0.2, 0.25) is 0 Å². The number of ether oxygens (including phenoxy) is 1. The molecule has 4 heteroatoms. The highest BCUT2D eigenvalue weighted by Gasteiger charge is 2.23. The van der Waals surface area contributed by atoms with E-state index in [-0.39, 0.29) is 6.04 Å². The second-order valence-electron chi connectivity index (χ2n) is 4.88. The second kappa shape index (κ2) is 4.55. The molecule has 2 N–H and O–H groups in total. The molecule has 0 saturated carbocycles. The van der Waals surface area contributed by atoms with Crippen LogP contribution in [-0.4, -0.2) is 23.0 Å². The fraction of sp³-hybridized carbons (Fsp3) is 0.750. The Hall–Kier alpha value is -0.870. The third kappa shape index (κ3) is 2.13. The van der Waals surface area contributed by atoms with Gasteiger partial charge in [-0.25, -0.2) is 0 Å². The highest BCUT2D eigenvalue weighted by molar-refractivity contribution is 5.18. The van der Waals surface area contributed by atoms with E-state index in [0.29, 0.717) is 12.0 Å². The van der Waals surface area contributed by atoms with Crippen LogP contribution in [0.1, 0.15) is 56.6 Å². The van der Waals surface area contributed by atoms with Crippen molar-refractivity contribution < 1.29 is 4.74 Å². The molecule has 1 aliphatic heterocycles. The van der Waals surface area contributed by atoms with Crippen molar-refractivity contribution in [3.63, 3.8) is 0 Å². The zero-order valence-electron chi connectivity index (χ0n) is 10.3. The molecule has 90 valence electrons. The van der Waals surface area contributed by atoms with Crippen LogP contribution in [0, 0.1) is 0 Å². The quantitative estimate of drug-likeness (QED) is 0.852. The van der Waals surface area contributed by atoms with Crippen molar-refractivity contribution in [2.45, 2.75) is 45.2 Å². The van der Waals surface area contributed by atoms with Crippen molar-refractivity contribution in [2.24, 2.45) is 5.73 Å². The first-order chi connectivity index (χ1) is 7.59. The van der Waals surface area contributed by atoms with Gasteiger partial charge in [0.15, 0.2) is 0 Å². The van der Waals surface area contributed by atoms with Crippen molar-refractivity contribution in [2.75, 3.05) is 13.2 Å². The topological polar surface area (TPSA) is 53.1 Å². The predicted octanol–water partition coefficient (Wildman–Crippen LogP) is 1.99. The van der Waals surface area contributed by atoms with Gasteiger partial charge in [0.05, 0.1) is 18.0 Å². The summed E-state index contributed by atoms with van der Waals surface area (Å²) in [5, 5.41) is 4.67. The number of nitrogens with two attached hydrogens (primary N) is 1. The minimum Gasteiger partial charge on any atom is -0.381 e. The molecule has 0 radical (unpaired) electrons. The number of rotatable bonds is 3. The maximum absolute atomic E-state index is 5.97.